The fourth-order valence-electron chi connectivity index (χ4n) is 2.53. The maximum Gasteiger partial charge on any atom is 0.242 e. The van der Waals surface area contributed by atoms with Crippen LogP contribution in [0.15, 0.2) is 30.0 Å². The highest BCUT2D eigenvalue weighted by molar-refractivity contribution is 5.84. The molecule has 120 valence electrons. The van der Waals surface area contributed by atoms with Crippen molar-refractivity contribution < 1.29 is 9.53 Å². The smallest absolute Gasteiger partial charge is 0.242 e. The number of rotatable bonds is 7. The Morgan fingerprint density at radius 1 is 1.41 bits per heavy atom. The number of nitrogens with zero attached hydrogens (tertiary/aromatic N) is 1. The molecule has 0 aromatic carbocycles. The number of hydrogen-bond donors (Lipinski definition) is 2. The lowest BCUT2D eigenvalue weighted by atomic mass is 9.97. The number of amides is 1. The second kappa shape index (κ2) is 8.41. The van der Waals surface area contributed by atoms with Gasteiger partial charge in [0.25, 0.3) is 0 Å². The molecule has 1 aliphatic carbocycles. The van der Waals surface area contributed by atoms with Crippen LogP contribution in [0.2, 0.25) is 0 Å². The molecular weight excluding hydrogens is 278 g/mol. The summed E-state index contributed by atoms with van der Waals surface area (Å²) in [6.45, 7) is 2.55. The van der Waals surface area contributed by atoms with Crippen LogP contribution in [0, 0.1) is 0 Å². The molecule has 22 heavy (non-hydrogen) atoms. The van der Waals surface area contributed by atoms with E-state index in [4.69, 9.17) is 4.74 Å². The molecule has 1 aromatic rings. The molecule has 2 rings (SSSR count). The summed E-state index contributed by atoms with van der Waals surface area (Å²) in [5.41, 5.74) is 2.28. The van der Waals surface area contributed by atoms with E-state index in [1.165, 1.54) is 31.3 Å². The third-order valence-corrected chi connectivity index (χ3v) is 3.85. The van der Waals surface area contributed by atoms with E-state index in [-0.39, 0.29) is 11.9 Å². The molecule has 1 heterocycles. The minimum absolute atomic E-state index is 0.00669. The number of methoxy groups -OCH3 is 1. The Bertz CT molecular complexity index is 511. The van der Waals surface area contributed by atoms with Crippen LogP contribution in [0.1, 0.15) is 39.0 Å². The first-order valence-corrected chi connectivity index (χ1v) is 7.91. The molecule has 1 aliphatic rings. The summed E-state index contributed by atoms with van der Waals surface area (Å²) >= 11 is 0. The number of allylic oxidation sites excluding steroid dienone is 1. The predicted octanol–water partition coefficient (Wildman–Crippen LogP) is 2.90. The van der Waals surface area contributed by atoms with E-state index in [9.17, 15) is 4.79 Å². The number of hydrogen-bond acceptors (Lipinski definition) is 4. The molecule has 0 aliphatic heterocycles. The van der Waals surface area contributed by atoms with Gasteiger partial charge in [-0.25, -0.2) is 4.98 Å². The summed E-state index contributed by atoms with van der Waals surface area (Å²) in [5, 5.41) is 6.12. The van der Waals surface area contributed by atoms with Crippen LogP contribution in [0.5, 0.6) is 5.88 Å². The zero-order chi connectivity index (χ0) is 15.8. The summed E-state index contributed by atoms with van der Waals surface area (Å²) in [7, 11) is 1.58. The zero-order valence-corrected chi connectivity index (χ0v) is 13.4. The maximum atomic E-state index is 12.1. The SMILES string of the molecule is COc1ccc(N[C@H](C)C(=O)NCCC2=CCCCC2)cn1. The molecule has 0 bridgehead atoms. The minimum Gasteiger partial charge on any atom is -0.481 e. The minimum atomic E-state index is -0.296. The van der Waals surface area contributed by atoms with Gasteiger partial charge in [-0.05, 0) is 45.1 Å². The highest BCUT2D eigenvalue weighted by Crippen LogP contribution is 2.19. The molecule has 0 radical (unpaired) electrons. The first-order valence-electron chi connectivity index (χ1n) is 7.91. The summed E-state index contributed by atoms with van der Waals surface area (Å²) in [4.78, 5) is 16.2. The van der Waals surface area contributed by atoms with Crippen molar-refractivity contribution in [2.24, 2.45) is 0 Å². The number of anilines is 1. The number of nitrogens with one attached hydrogen (secondary N) is 2. The highest BCUT2D eigenvalue weighted by atomic mass is 16.5. The Morgan fingerprint density at radius 2 is 2.27 bits per heavy atom. The lowest BCUT2D eigenvalue weighted by Gasteiger charge is -2.16. The molecule has 0 saturated heterocycles. The van der Waals surface area contributed by atoms with Gasteiger partial charge in [0.05, 0.1) is 19.0 Å². The normalized spacial score (nSPS) is 15.6. The van der Waals surface area contributed by atoms with E-state index in [0.717, 1.165) is 12.1 Å². The van der Waals surface area contributed by atoms with Crippen LogP contribution in [-0.4, -0.2) is 30.6 Å². The molecule has 1 amide bonds. The van der Waals surface area contributed by atoms with E-state index in [2.05, 4.69) is 21.7 Å². The van der Waals surface area contributed by atoms with Crippen LogP contribution in [0.25, 0.3) is 0 Å². The van der Waals surface area contributed by atoms with Crippen LogP contribution < -0.4 is 15.4 Å². The van der Waals surface area contributed by atoms with E-state index in [1.807, 2.05) is 13.0 Å². The third-order valence-electron chi connectivity index (χ3n) is 3.85. The summed E-state index contributed by atoms with van der Waals surface area (Å²) in [6, 6.07) is 3.32. The Kier molecular flexibility index (Phi) is 6.25. The molecule has 0 saturated carbocycles. The molecular formula is C17H25N3O2. The Balaban J connectivity index is 1.72. The molecule has 5 heteroatoms. The zero-order valence-electron chi connectivity index (χ0n) is 13.4. The van der Waals surface area contributed by atoms with Crippen molar-refractivity contribution in [3.8, 4) is 5.88 Å². The second-order valence-corrected chi connectivity index (χ2v) is 5.60. The van der Waals surface area contributed by atoms with Gasteiger partial charge in [0.2, 0.25) is 11.8 Å². The number of ether oxygens (including phenoxy) is 1. The van der Waals surface area contributed by atoms with E-state index in [1.54, 1.807) is 19.4 Å². The van der Waals surface area contributed by atoms with Gasteiger partial charge in [0.15, 0.2) is 0 Å². The van der Waals surface area contributed by atoms with Gasteiger partial charge in [-0.3, -0.25) is 4.79 Å². The number of aromatic nitrogens is 1. The molecule has 1 atom stereocenters. The molecule has 0 unspecified atom stereocenters. The number of carbonyl (C=O) groups excluding carboxylic acids is 1. The van der Waals surface area contributed by atoms with Crippen LogP contribution in [0.3, 0.4) is 0 Å². The van der Waals surface area contributed by atoms with Crippen LogP contribution in [0.4, 0.5) is 5.69 Å². The van der Waals surface area contributed by atoms with Gasteiger partial charge in [-0.1, -0.05) is 11.6 Å². The van der Waals surface area contributed by atoms with Crippen molar-refractivity contribution in [2.75, 3.05) is 19.0 Å². The van der Waals surface area contributed by atoms with Crippen LogP contribution in [-0.2, 0) is 4.79 Å². The fraction of sp³-hybridized carbons (Fsp3) is 0.529. The molecule has 1 aromatic heterocycles. The van der Waals surface area contributed by atoms with E-state index < -0.39 is 0 Å². The first-order chi connectivity index (χ1) is 10.7. The summed E-state index contributed by atoms with van der Waals surface area (Å²) in [6.07, 6.45) is 9.89. The lowest BCUT2D eigenvalue weighted by molar-refractivity contribution is -0.121. The fourth-order valence-corrected chi connectivity index (χ4v) is 2.53. The maximum absolute atomic E-state index is 12.1. The van der Waals surface area contributed by atoms with Crippen molar-refractivity contribution in [1.82, 2.24) is 10.3 Å². The van der Waals surface area contributed by atoms with Gasteiger partial charge < -0.3 is 15.4 Å². The van der Waals surface area contributed by atoms with Crippen molar-refractivity contribution >= 4 is 11.6 Å². The molecule has 5 nitrogen and oxygen atoms in total. The molecule has 2 N–H and O–H groups in total. The molecule has 0 spiro atoms. The highest BCUT2D eigenvalue weighted by Gasteiger charge is 2.12. The van der Waals surface area contributed by atoms with E-state index in [0.29, 0.717) is 12.4 Å². The monoisotopic (exact) mass is 303 g/mol. The lowest BCUT2D eigenvalue weighted by Crippen LogP contribution is -2.38. The largest absolute Gasteiger partial charge is 0.481 e. The summed E-state index contributed by atoms with van der Waals surface area (Å²) in [5.74, 6) is 0.565. The average Bonchev–Trinajstić information content (AvgIpc) is 2.56. The molecule has 0 fully saturated rings. The quantitative estimate of drug-likeness (QED) is 0.760. The first kappa shape index (κ1) is 16.3. The Hall–Kier alpha value is -2.04. The second-order valence-electron chi connectivity index (χ2n) is 5.60. The van der Waals surface area contributed by atoms with Crippen LogP contribution >= 0.6 is 0 Å². The van der Waals surface area contributed by atoms with Gasteiger partial charge in [-0.2, -0.15) is 0 Å². The standard InChI is InChI=1S/C17H25N3O2/c1-13(20-15-8-9-16(22-2)19-12-15)17(21)18-11-10-14-6-4-3-5-7-14/h6,8-9,12-13,20H,3-5,7,10-11H2,1-2H3,(H,18,21)/t13-/m1/s1. The average molecular weight is 303 g/mol. The topological polar surface area (TPSA) is 63.2 Å². The predicted molar refractivity (Wildman–Crippen MR) is 88.1 cm³/mol. The van der Waals surface area contributed by atoms with Gasteiger partial charge in [0, 0.05) is 12.6 Å². The van der Waals surface area contributed by atoms with Gasteiger partial charge in [0.1, 0.15) is 6.04 Å². The summed E-state index contributed by atoms with van der Waals surface area (Å²) < 4.78 is 5.01. The number of carbonyl (C=O) groups is 1. The Morgan fingerprint density at radius 3 is 2.91 bits per heavy atom. The van der Waals surface area contributed by atoms with Gasteiger partial charge in [-0.15, -0.1) is 0 Å². The third kappa shape index (κ3) is 5.06. The Labute approximate surface area is 132 Å². The van der Waals surface area contributed by atoms with E-state index >= 15 is 0 Å². The van der Waals surface area contributed by atoms with Crippen molar-refractivity contribution in [3.05, 3.63) is 30.0 Å². The van der Waals surface area contributed by atoms with Crippen molar-refractivity contribution in [3.63, 3.8) is 0 Å². The van der Waals surface area contributed by atoms with Crippen molar-refractivity contribution in [2.45, 2.75) is 45.1 Å². The van der Waals surface area contributed by atoms with Gasteiger partial charge >= 0.3 is 0 Å². The van der Waals surface area contributed by atoms with Crippen molar-refractivity contribution in [1.29, 1.82) is 0 Å². The number of pyridine rings is 1.